The van der Waals surface area contributed by atoms with E-state index in [9.17, 15) is 39.9 Å². The van der Waals surface area contributed by atoms with E-state index < -0.39 is 46.2 Å². The lowest BCUT2D eigenvalue weighted by Gasteiger charge is -2.25. The number of aromatic amines is 1. The SMILES string of the molecule is O=c1c(-c2ccccn2)c(-c2ccccc2)[nH]c(C(F)(F)C(F)(F)F)c1C(F)(F)F. The van der Waals surface area contributed by atoms with Crippen LogP contribution in [0.1, 0.15) is 11.3 Å². The Kier molecular flexibility index (Phi) is 5.17. The molecule has 3 rings (SSSR count). The van der Waals surface area contributed by atoms with Gasteiger partial charge in [0.2, 0.25) is 5.43 Å². The van der Waals surface area contributed by atoms with Crippen molar-refractivity contribution in [1.82, 2.24) is 9.97 Å². The van der Waals surface area contributed by atoms with Crippen LogP contribution in [-0.4, -0.2) is 16.1 Å². The zero-order valence-corrected chi connectivity index (χ0v) is 14.6. The molecule has 158 valence electrons. The molecule has 0 bridgehead atoms. The van der Waals surface area contributed by atoms with Gasteiger partial charge in [-0.15, -0.1) is 0 Å². The van der Waals surface area contributed by atoms with E-state index in [-0.39, 0.29) is 11.3 Å². The summed E-state index contributed by atoms with van der Waals surface area (Å²) in [6.07, 6.45) is -11.0. The van der Waals surface area contributed by atoms with E-state index in [2.05, 4.69) is 4.98 Å². The molecule has 1 N–H and O–H groups in total. The standard InChI is InChI=1S/C19H10F8N2O/c20-17(21,19(25,26)27)16-13(18(22,23)24)15(30)12(11-8-4-5-9-28-11)14(29-16)10-6-2-1-3-7-10/h1-9H,(H,29,30). The van der Waals surface area contributed by atoms with Crippen molar-refractivity contribution in [2.45, 2.75) is 18.3 Å². The van der Waals surface area contributed by atoms with E-state index in [1.165, 1.54) is 42.5 Å². The van der Waals surface area contributed by atoms with E-state index in [1.54, 1.807) is 4.98 Å². The van der Waals surface area contributed by atoms with Crippen LogP contribution in [0.5, 0.6) is 0 Å². The molecule has 0 unspecified atom stereocenters. The zero-order chi connectivity index (χ0) is 22.3. The quantitative estimate of drug-likeness (QED) is 0.532. The van der Waals surface area contributed by atoms with Gasteiger partial charge in [0.25, 0.3) is 0 Å². The third kappa shape index (κ3) is 3.66. The summed E-state index contributed by atoms with van der Waals surface area (Å²) in [5.41, 5.74) is -9.09. The Morgan fingerprint density at radius 3 is 1.90 bits per heavy atom. The number of halogens is 8. The van der Waals surface area contributed by atoms with Crippen LogP contribution in [0.4, 0.5) is 35.1 Å². The number of nitrogens with zero attached hydrogens (tertiary/aromatic N) is 1. The van der Waals surface area contributed by atoms with Crippen molar-refractivity contribution >= 4 is 0 Å². The number of hydrogen-bond donors (Lipinski definition) is 1. The predicted octanol–water partition coefficient (Wildman–Crippen LogP) is 5.78. The number of pyridine rings is 2. The summed E-state index contributed by atoms with van der Waals surface area (Å²) in [6, 6.07) is 10.5. The molecule has 0 radical (unpaired) electrons. The Bertz CT molecular complexity index is 1100. The van der Waals surface area contributed by atoms with Crippen LogP contribution in [0.15, 0.2) is 59.5 Å². The molecule has 3 aromatic rings. The van der Waals surface area contributed by atoms with Crippen LogP contribution >= 0.6 is 0 Å². The molecule has 0 aliphatic heterocycles. The molecule has 0 spiro atoms. The van der Waals surface area contributed by atoms with Crippen LogP contribution in [-0.2, 0) is 12.1 Å². The number of H-pyrrole nitrogens is 1. The monoisotopic (exact) mass is 434 g/mol. The number of alkyl halides is 8. The molecule has 0 saturated carbocycles. The number of rotatable bonds is 3. The maximum atomic E-state index is 14.1. The highest BCUT2D eigenvalue weighted by Crippen LogP contribution is 2.47. The second-order valence-electron chi connectivity index (χ2n) is 6.11. The highest BCUT2D eigenvalue weighted by atomic mass is 19.4. The van der Waals surface area contributed by atoms with Crippen molar-refractivity contribution in [3.8, 4) is 22.5 Å². The summed E-state index contributed by atoms with van der Waals surface area (Å²) in [5.74, 6) is -5.97. The summed E-state index contributed by atoms with van der Waals surface area (Å²) in [7, 11) is 0. The van der Waals surface area contributed by atoms with E-state index in [1.807, 2.05) is 0 Å². The molecule has 0 atom stereocenters. The Balaban J connectivity index is 2.53. The second-order valence-corrected chi connectivity index (χ2v) is 6.11. The van der Waals surface area contributed by atoms with Gasteiger partial charge in [0, 0.05) is 6.20 Å². The first-order valence-corrected chi connectivity index (χ1v) is 8.15. The average Bonchev–Trinajstić information content (AvgIpc) is 2.66. The van der Waals surface area contributed by atoms with Gasteiger partial charge >= 0.3 is 18.3 Å². The van der Waals surface area contributed by atoms with Crippen molar-refractivity contribution < 1.29 is 35.1 Å². The van der Waals surface area contributed by atoms with Gasteiger partial charge in [-0.1, -0.05) is 36.4 Å². The fraction of sp³-hybridized carbons (Fsp3) is 0.158. The van der Waals surface area contributed by atoms with Crippen molar-refractivity contribution in [2.24, 2.45) is 0 Å². The van der Waals surface area contributed by atoms with Crippen molar-refractivity contribution in [3.05, 3.63) is 76.2 Å². The zero-order valence-electron chi connectivity index (χ0n) is 14.6. The summed E-state index contributed by atoms with van der Waals surface area (Å²) in [5, 5.41) is 0. The molecule has 11 heteroatoms. The third-order valence-electron chi connectivity index (χ3n) is 4.14. The third-order valence-corrected chi connectivity index (χ3v) is 4.14. The molecular formula is C19H10F8N2O. The summed E-state index contributed by atoms with van der Waals surface area (Å²) in [6.45, 7) is 0. The van der Waals surface area contributed by atoms with Gasteiger partial charge in [-0.2, -0.15) is 35.1 Å². The lowest BCUT2D eigenvalue weighted by Crippen LogP contribution is -2.39. The van der Waals surface area contributed by atoms with Gasteiger partial charge in [0.1, 0.15) is 11.3 Å². The minimum absolute atomic E-state index is 0.0804. The topological polar surface area (TPSA) is 45.8 Å². The lowest BCUT2D eigenvalue weighted by molar-refractivity contribution is -0.292. The van der Waals surface area contributed by atoms with Gasteiger partial charge in [0.15, 0.2) is 0 Å². The van der Waals surface area contributed by atoms with Gasteiger partial charge in [-0.25, -0.2) is 0 Å². The fourth-order valence-corrected chi connectivity index (χ4v) is 2.83. The normalized spacial score (nSPS) is 12.8. The highest BCUT2D eigenvalue weighted by molar-refractivity contribution is 5.79. The van der Waals surface area contributed by atoms with E-state index in [0.717, 1.165) is 12.3 Å². The number of aromatic nitrogens is 2. The molecule has 2 aromatic heterocycles. The van der Waals surface area contributed by atoms with Crippen LogP contribution < -0.4 is 5.43 Å². The minimum atomic E-state index is -6.38. The van der Waals surface area contributed by atoms with E-state index >= 15 is 0 Å². The maximum Gasteiger partial charge on any atom is 0.459 e. The predicted molar refractivity (Wildman–Crippen MR) is 90.7 cm³/mol. The first kappa shape index (κ1) is 21.5. The van der Waals surface area contributed by atoms with E-state index in [0.29, 0.717) is 0 Å². The van der Waals surface area contributed by atoms with Crippen LogP contribution in [0.25, 0.3) is 22.5 Å². The molecule has 1 aromatic carbocycles. The Morgan fingerprint density at radius 1 is 0.800 bits per heavy atom. The Hall–Kier alpha value is -3.24. The van der Waals surface area contributed by atoms with Gasteiger partial charge in [0.05, 0.1) is 17.0 Å². The second kappa shape index (κ2) is 7.22. The van der Waals surface area contributed by atoms with Gasteiger partial charge < -0.3 is 4.98 Å². The summed E-state index contributed by atoms with van der Waals surface area (Å²) < 4.78 is 107. The van der Waals surface area contributed by atoms with Gasteiger partial charge in [-0.05, 0) is 17.7 Å². The number of benzene rings is 1. The highest BCUT2D eigenvalue weighted by Gasteiger charge is 2.63. The lowest BCUT2D eigenvalue weighted by atomic mass is 9.96. The first-order valence-electron chi connectivity index (χ1n) is 8.15. The number of hydrogen-bond acceptors (Lipinski definition) is 2. The van der Waals surface area contributed by atoms with Crippen molar-refractivity contribution in [1.29, 1.82) is 0 Å². The molecule has 0 fully saturated rings. The van der Waals surface area contributed by atoms with Gasteiger partial charge in [-0.3, -0.25) is 9.78 Å². The van der Waals surface area contributed by atoms with Crippen molar-refractivity contribution in [3.63, 3.8) is 0 Å². The summed E-state index contributed by atoms with van der Waals surface area (Å²) in [4.78, 5) is 18.0. The first-order chi connectivity index (χ1) is 13.9. The van der Waals surface area contributed by atoms with Crippen LogP contribution in [0.3, 0.4) is 0 Å². The molecule has 0 aliphatic rings. The molecule has 0 amide bonds. The smallest absolute Gasteiger partial charge is 0.352 e. The molecule has 2 heterocycles. The molecule has 30 heavy (non-hydrogen) atoms. The minimum Gasteiger partial charge on any atom is -0.352 e. The number of nitrogens with one attached hydrogen (secondary N) is 1. The van der Waals surface area contributed by atoms with Crippen molar-refractivity contribution in [2.75, 3.05) is 0 Å². The molecule has 3 nitrogen and oxygen atoms in total. The van der Waals surface area contributed by atoms with Crippen LogP contribution in [0.2, 0.25) is 0 Å². The fourth-order valence-electron chi connectivity index (χ4n) is 2.83. The summed E-state index contributed by atoms with van der Waals surface area (Å²) >= 11 is 0. The van der Waals surface area contributed by atoms with E-state index in [4.69, 9.17) is 0 Å². The average molecular weight is 434 g/mol. The molecular weight excluding hydrogens is 424 g/mol. The molecule has 0 saturated heterocycles. The largest absolute Gasteiger partial charge is 0.459 e. The Morgan fingerprint density at radius 2 is 1.40 bits per heavy atom. The van der Waals surface area contributed by atoms with Crippen LogP contribution in [0, 0.1) is 0 Å². The molecule has 0 aliphatic carbocycles. The maximum absolute atomic E-state index is 14.1. The Labute approximate surface area is 163 Å².